The molecule has 5 rings (SSSR count). The Hall–Kier alpha value is -1.47. The molecule has 1 atom stereocenters. The summed E-state index contributed by atoms with van der Waals surface area (Å²) in [6, 6.07) is 7.68. The molecule has 3 heterocycles. The molecule has 0 bridgehead atoms. The number of halogens is 1. The highest BCUT2D eigenvalue weighted by atomic mass is 35.5. The first-order valence-electron chi connectivity index (χ1n) is 9.77. The number of carbonyl (C=O) groups is 1. The number of carbonyl (C=O) groups excluding carboxylic acids is 1. The first-order valence-corrected chi connectivity index (χ1v) is 11.0. The minimum Gasteiger partial charge on any atom is -0.380 e. The first-order chi connectivity index (χ1) is 13.4. The molecule has 1 spiro atoms. The summed E-state index contributed by atoms with van der Waals surface area (Å²) in [7, 11) is 0. The van der Waals surface area contributed by atoms with E-state index in [0.717, 1.165) is 36.3 Å². The van der Waals surface area contributed by atoms with Gasteiger partial charge in [0.15, 0.2) is 0 Å². The van der Waals surface area contributed by atoms with Gasteiger partial charge >= 0.3 is 0 Å². The zero-order valence-electron chi connectivity index (χ0n) is 15.6. The van der Waals surface area contributed by atoms with Crippen LogP contribution in [0.3, 0.4) is 0 Å². The van der Waals surface area contributed by atoms with Crippen molar-refractivity contribution < 1.29 is 14.6 Å². The second-order valence-corrected chi connectivity index (χ2v) is 9.73. The molecule has 148 valence electrons. The van der Waals surface area contributed by atoms with Gasteiger partial charge in [-0.25, -0.2) is 4.98 Å². The van der Waals surface area contributed by atoms with Gasteiger partial charge in [-0.3, -0.25) is 4.79 Å². The molecular formula is C21H23ClN2O3S. The number of hydrogen-bond donors (Lipinski definition) is 1. The van der Waals surface area contributed by atoms with E-state index in [9.17, 15) is 9.90 Å². The fourth-order valence-electron chi connectivity index (χ4n) is 4.76. The van der Waals surface area contributed by atoms with E-state index in [2.05, 4.69) is 4.98 Å². The lowest BCUT2D eigenvalue weighted by atomic mass is 9.83. The Morgan fingerprint density at radius 2 is 1.89 bits per heavy atom. The molecular weight excluding hydrogens is 396 g/mol. The van der Waals surface area contributed by atoms with Crippen LogP contribution in [0.5, 0.6) is 0 Å². The van der Waals surface area contributed by atoms with Gasteiger partial charge in [0.25, 0.3) is 0 Å². The van der Waals surface area contributed by atoms with Crippen LogP contribution >= 0.6 is 22.9 Å². The number of likely N-dealkylation sites (tertiary alicyclic amines) is 1. The standard InChI is InChI=1S/C21H23ClN2O3S/c22-16-3-1-15(2-4-16)20(5-6-20)18(25)24-10-7-19(8-11-24)13-21(26,14-27-19)17-23-9-12-28-17/h1-4,9,12,26H,5-8,10-11,13-14H2/t21-/m0/s1. The summed E-state index contributed by atoms with van der Waals surface area (Å²) in [6.07, 6.45) is 5.57. The predicted octanol–water partition coefficient (Wildman–Crippen LogP) is 3.50. The van der Waals surface area contributed by atoms with E-state index in [1.54, 1.807) is 6.20 Å². The normalized spacial score (nSPS) is 27.9. The molecule has 0 unspecified atom stereocenters. The number of benzene rings is 1. The van der Waals surface area contributed by atoms with Crippen LogP contribution in [-0.2, 0) is 20.5 Å². The van der Waals surface area contributed by atoms with Crippen LogP contribution in [0.25, 0.3) is 0 Å². The van der Waals surface area contributed by atoms with Gasteiger partial charge in [0.05, 0.1) is 17.6 Å². The number of ether oxygens (including phenoxy) is 1. The second kappa shape index (κ2) is 6.52. The Balaban J connectivity index is 1.26. The zero-order valence-corrected chi connectivity index (χ0v) is 17.1. The molecule has 1 saturated carbocycles. The molecule has 2 aromatic rings. The molecule has 3 fully saturated rings. The molecule has 2 aliphatic heterocycles. The monoisotopic (exact) mass is 418 g/mol. The SMILES string of the molecule is O=C(N1CCC2(CC1)C[C@@](O)(c1nccs1)CO2)C1(c2ccc(Cl)cc2)CC1. The maximum atomic E-state index is 13.3. The summed E-state index contributed by atoms with van der Waals surface area (Å²) in [5.74, 6) is 0.220. The second-order valence-electron chi connectivity index (χ2n) is 8.40. The molecule has 1 aromatic carbocycles. The summed E-state index contributed by atoms with van der Waals surface area (Å²) in [4.78, 5) is 19.5. The highest BCUT2D eigenvalue weighted by Gasteiger charge is 2.56. The van der Waals surface area contributed by atoms with Crippen LogP contribution in [-0.4, -0.2) is 46.2 Å². The van der Waals surface area contributed by atoms with Gasteiger partial charge in [-0.05, 0) is 43.4 Å². The number of aromatic nitrogens is 1. The van der Waals surface area contributed by atoms with E-state index in [0.29, 0.717) is 24.5 Å². The summed E-state index contributed by atoms with van der Waals surface area (Å²) in [5.41, 5.74) is -0.652. The van der Waals surface area contributed by atoms with Gasteiger partial charge < -0.3 is 14.7 Å². The van der Waals surface area contributed by atoms with Gasteiger partial charge in [-0.1, -0.05) is 23.7 Å². The van der Waals surface area contributed by atoms with Crippen LogP contribution < -0.4 is 0 Å². The van der Waals surface area contributed by atoms with Crippen LogP contribution in [0.1, 0.15) is 42.7 Å². The number of thiazole rings is 1. The Kier molecular flexibility index (Phi) is 4.32. The quantitative estimate of drug-likeness (QED) is 0.828. The van der Waals surface area contributed by atoms with Crippen LogP contribution in [0, 0.1) is 0 Å². The average molecular weight is 419 g/mol. The molecule has 5 nitrogen and oxygen atoms in total. The molecule has 28 heavy (non-hydrogen) atoms. The highest BCUT2D eigenvalue weighted by Crippen LogP contribution is 2.51. The lowest BCUT2D eigenvalue weighted by molar-refractivity contribution is -0.138. The Bertz CT molecular complexity index is 874. The number of amides is 1. The van der Waals surface area contributed by atoms with E-state index >= 15 is 0 Å². The molecule has 7 heteroatoms. The minimum atomic E-state index is -0.999. The summed E-state index contributed by atoms with van der Waals surface area (Å²) >= 11 is 7.47. The average Bonchev–Trinajstić information content (AvgIpc) is 3.17. The Morgan fingerprint density at radius 3 is 2.50 bits per heavy atom. The topological polar surface area (TPSA) is 62.7 Å². The van der Waals surface area contributed by atoms with Gasteiger partial charge in [-0.2, -0.15) is 0 Å². The Labute approximate surface area is 173 Å². The number of piperidine rings is 1. The number of aliphatic hydroxyl groups is 1. The molecule has 1 aliphatic carbocycles. The molecule has 1 N–H and O–H groups in total. The maximum Gasteiger partial charge on any atom is 0.233 e. The minimum absolute atomic E-state index is 0.220. The third-order valence-corrected chi connectivity index (χ3v) is 7.80. The van der Waals surface area contributed by atoms with Crippen molar-refractivity contribution in [3.05, 3.63) is 51.4 Å². The molecule has 2 saturated heterocycles. The molecule has 1 amide bonds. The van der Waals surface area contributed by atoms with E-state index in [-0.39, 0.29) is 23.5 Å². The summed E-state index contributed by atoms with van der Waals surface area (Å²) < 4.78 is 6.11. The summed E-state index contributed by atoms with van der Waals surface area (Å²) in [5, 5.41) is 14.3. The van der Waals surface area contributed by atoms with E-state index < -0.39 is 5.60 Å². The van der Waals surface area contributed by atoms with Crippen LogP contribution in [0.4, 0.5) is 0 Å². The van der Waals surface area contributed by atoms with Crippen molar-refractivity contribution in [1.29, 1.82) is 0 Å². The Morgan fingerprint density at radius 1 is 1.18 bits per heavy atom. The van der Waals surface area contributed by atoms with Crippen molar-refractivity contribution in [3.8, 4) is 0 Å². The van der Waals surface area contributed by atoms with Crippen LogP contribution in [0.15, 0.2) is 35.8 Å². The van der Waals surface area contributed by atoms with Crippen LogP contribution in [0.2, 0.25) is 5.02 Å². The number of hydrogen-bond acceptors (Lipinski definition) is 5. The molecule has 1 aromatic heterocycles. The van der Waals surface area contributed by atoms with Crippen molar-refractivity contribution in [3.63, 3.8) is 0 Å². The molecule has 3 aliphatic rings. The van der Waals surface area contributed by atoms with Gasteiger partial charge in [0.1, 0.15) is 10.6 Å². The van der Waals surface area contributed by atoms with Crippen molar-refractivity contribution in [2.24, 2.45) is 0 Å². The van der Waals surface area contributed by atoms with Gasteiger partial charge in [0.2, 0.25) is 5.91 Å². The zero-order chi connectivity index (χ0) is 19.4. The van der Waals surface area contributed by atoms with E-state index in [1.807, 2.05) is 34.5 Å². The third-order valence-electron chi connectivity index (χ3n) is 6.58. The number of nitrogens with zero attached hydrogens (tertiary/aromatic N) is 2. The fraction of sp³-hybridized carbons (Fsp3) is 0.524. The van der Waals surface area contributed by atoms with Gasteiger partial charge in [0, 0.05) is 36.1 Å². The van der Waals surface area contributed by atoms with E-state index in [4.69, 9.17) is 16.3 Å². The lowest BCUT2D eigenvalue weighted by Gasteiger charge is -2.40. The third kappa shape index (κ3) is 2.98. The maximum absolute atomic E-state index is 13.3. The summed E-state index contributed by atoms with van der Waals surface area (Å²) in [6.45, 7) is 1.62. The first kappa shape index (κ1) is 18.6. The largest absolute Gasteiger partial charge is 0.380 e. The van der Waals surface area contributed by atoms with Crippen molar-refractivity contribution in [1.82, 2.24) is 9.88 Å². The van der Waals surface area contributed by atoms with E-state index in [1.165, 1.54) is 11.3 Å². The highest BCUT2D eigenvalue weighted by molar-refractivity contribution is 7.09. The van der Waals surface area contributed by atoms with Crippen molar-refractivity contribution >= 4 is 28.8 Å². The fourth-order valence-corrected chi connectivity index (χ4v) is 5.61. The number of rotatable bonds is 3. The predicted molar refractivity (Wildman–Crippen MR) is 107 cm³/mol. The van der Waals surface area contributed by atoms with Gasteiger partial charge in [-0.15, -0.1) is 11.3 Å². The van der Waals surface area contributed by atoms with Crippen molar-refractivity contribution in [2.45, 2.75) is 48.7 Å². The smallest absolute Gasteiger partial charge is 0.233 e. The van der Waals surface area contributed by atoms with Crippen molar-refractivity contribution in [2.75, 3.05) is 19.7 Å². The molecule has 0 radical (unpaired) electrons. The lowest BCUT2D eigenvalue weighted by Crippen LogP contribution is -2.49.